The highest BCUT2D eigenvalue weighted by Gasteiger charge is 2.38. The Balaban J connectivity index is 0.00000161. The Morgan fingerprint density at radius 1 is 0.880 bits per heavy atom. The summed E-state index contributed by atoms with van der Waals surface area (Å²) in [7, 11) is 2.77. The first-order valence-corrected chi connectivity index (χ1v) is 14.7. The number of halogens is 3. The molecule has 4 amide bonds. The second kappa shape index (κ2) is 22.5. The van der Waals surface area contributed by atoms with E-state index in [0.717, 1.165) is 0 Å². The van der Waals surface area contributed by atoms with Gasteiger partial charge in [0.05, 0.1) is 33.5 Å². The predicted octanol–water partition coefficient (Wildman–Crippen LogP) is -0.458. The van der Waals surface area contributed by atoms with Gasteiger partial charge in [0.2, 0.25) is 11.8 Å². The highest BCUT2D eigenvalue weighted by atomic mass is 19.4. The van der Waals surface area contributed by atoms with Crippen molar-refractivity contribution in [1.82, 2.24) is 31.0 Å². The van der Waals surface area contributed by atoms with E-state index in [1.165, 1.54) is 26.2 Å². The number of carbonyl (C=O) groups excluding carboxylic acids is 5. The number of hydrogen-bond acceptors (Lipinski definition) is 13. The maximum absolute atomic E-state index is 12.9. The van der Waals surface area contributed by atoms with Crippen molar-refractivity contribution in [3.05, 3.63) is 23.5 Å². The van der Waals surface area contributed by atoms with Crippen LogP contribution in [0.4, 0.5) is 24.8 Å². The van der Waals surface area contributed by atoms with Gasteiger partial charge in [-0.2, -0.15) is 23.4 Å². The highest BCUT2D eigenvalue weighted by Crippen LogP contribution is 2.13. The number of ether oxygens (including phenoxy) is 4. The molecule has 2 aromatic rings. The number of alkyl halides is 3. The van der Waals surface area contributed by atoms with E-state index >= 15 is 0 Å². The van der Waals surface area contributed by atoms with E-state index < -0.39 is 53.8 Å². The molecule has 0 aliphatic heterocycles. The molecule has 2 aromatic heterocycles. The molecule has 23 heteroatoms. The quantitative estimate of drug-likeness (QED) is 0.0634. The van der Waals surface area contributed by atoms with Gasteiger partial charge < -0.3 is 51.1 Å². The zero-order chi connectivity index (χ0) is 37.7. The number of rotatable bonds is 20. The zero-order valence-electron chi connectivity index (χ0n) is 27.3. The average molecular weight is 724 g/mol. The van der Waals surface area contributed by atoms with Crippen molar-refractivity contribution in [2.45, 2.75) is 44.4 Å². The molecule has 50 heavy (non-hydrogen) atoms. The number of aromatic nitrogens is 4. The van der Waals surface area contributed by atoms with E-state index in [1.54, 1.807) is 7.11 Å². The molecule has 0 fully saturated rings. The topological polar surface area (TPSA) is 291 Å². The molecule has 9 N–H and O–H groups in total. The summed E-state index contributed by atoms with van der Waals surface area (Å²) in [5.41, 5.74) is 5.57. The van der Waals surface area contributed by atoms with Crippen LogP contribution in [0.1, 0.15) is 47.2 Å². The molecule has 0 bridgehead atoms. The molecule has 0 saturated heterocycles. The Labute approximate surface area is 282 Å². The van der Waals surface area contributed by atoms with E-state index in [4.69, 9.17) is 29.8 Å². The summed E-state index contributed by atoms with van der Waals surface area (Å²) < 4.78 is 51.6. The number of carboxylic acid groups (broad SMARTS) is 1. The van der Waals surface area contributed by atoms with E-state index in [2.05, 4.69) is 46.4 Å². The Bertz CT molecular complexity index is 1400. The van der Waals surface area contributed by atoms with Gasteiger partial charge in [0.1, 0.15) is 30.1 Å². The lowest BCUT2D eigenvalue weighted by molar-refractivity contribution is -0.192. The number of amides is 4. The third kappa shape index (κ3) is 16.8. The maximum atomic E-state index is 12.9. The third-order valence-corrected chi connectivity index (χ3v) is 5.92. The van der Waals surface area contributed by atoms with Crippen molar-refractivity contribution >= 4 is 47.2 Å². The average Bonchev–Trinajstić information content (AvgIpc) is 3.73. The van der Waals surface area contributed by atoms with Crippen LogP contribution < -0.4 is 27.0 Å². The van der Waals surface area contributed by atoms with Crippen molar-refractivity contribution in [3.8, 4) is 0 Å². The van der Waals surface area contributed by atoms with Crippen molar-refractivity contribution in [2.24, 2.45) is 5.73 Å². The van der Waals surface area contributed by atoms with Gasteiger partial charge in [0, 0.05) is 19.2 Å². The number of H-pyrrole nitrogens is 2. The summed E-state index contributed by atoms with van der Waals surface area (Å²) in [6.07, 6.45) is -3.66. The number of unbranched alkanes of at least 4 members (excludes halogenated alkanes) is 1. The number of carboxylic acids is 1. The first-order chi connectivity index (χ1) is 23.6. The minimum absolute atomic E-state index is 0.0143. The number of methoxy groups -OCH3 is 2. The van der Waals surface area contributed by atoms with Crippen molar-refractivity contribution in [1.29, 1.82) is 0 Å². The summed E-state index contributed by atoms with van der Waals surface area (Å²) in [6, 6.07) is 0.556. The number of hydrogen-bond donors (Lipinski definition) is 8. The Morgan fingerprint density at radius 3 is 2.06 bits per heavy atom. The van der Waals surface area contributed by atoms with Crippen LogP contribution in [0.2, 0.25) is 0 Å². The molecule has 2 heterocycles. The van der Waals surface area contributed by atoms with Gasteiger partial charge in [0.25, 0.3) is 11.8 Å². The standard InChI is InChI=1S/C25H39N9O9.C2HF3O2/c1-15(27-24(38)17-12-19(33-31-17)29-21(35)14-43-11-10-42-9-8-40-2)22(36)28-16(6-4-5-7-26)23(37)30-20-13-18(32-34-20)25(39)41-3;3-2(4,5)1(6)7/h12-13,15-16H,4-11,14,26H2,1-3H3,(H,27,38)(H,28,36)(H2,29,31,33,35)(H2,30,32,34,37);(H,6,7)/t15-,16-;/m0./s1. The lowest BCUT2D eigenvalue weighted by Crippen LogP contribution is -2.51. The highest BCUT2D eigenvalue weighted by molar-refractivity contribution is 6.00. The lowest BCUT2D eigenvalue weighted by Gasteiger charge is -2.20. The number of esters is 1. The molecule has 0 aliphatic carbocycles. The summed E-state index contributed by atoms with van der Waals surface area (Å²) >= 11 is 0. The number of anilines is 2. The van der Waals surface area contributed by atoms with Gasteiger partial charge in [-0.15, -0.1) is 0 Å². The van der Waals surface area contributed by atoms with Gasteiger partial charge in [0.15, 0.2) is 11.6 Å². The smallest absolute Gasteiger partial charge is 0.475 e. The van der Waals surface area contributed by atoms with Gasteiger partial charge in [-0.25, -0.2) is 9.59 Å². The van der Waals surface area contributed by atoms with Crippen molar-refractivity contribution < 1.29 is 66.0 Å². The fourth-order valence-electron chi connectivity index (χ4n) is 3.42. The van der Waals surface area contributed by atoms with Crippen LogP contribution in [0.3, 0.4) is 0 Å². The first kappa shape index (κ1) is 42.9. The van der Waals surface area contributed by atoms with Gasteiger partial charge in [-0.3, -0.25) is 29.4 Å². The molecule has 0 radical (unpaired) electrons. The first-order valence-electron chi connectivity index (χ1n) is 14.7. The molecule has 20 nitrogen and oxygen atoms in total. The summed E-state index contributed by atoms with van der Waals surface area (Å²) in [4.78, 5) is 71.0. The van der Waals surface area contributed by atoms with Crippen LogP contribution in [0.5, 0.6) is 0 Å². The SMILES string of the molecule is COCCOCCOCC(=O)Nc1cc(C(=O)N[C@@H](C)C(=O)N[C@@H](CCCCN)C(=O)Nc2cc(C(=O)OC)[nH]n2)[nH]n1.O=C(O)C(F)(F)F. The van der Waals surface area contributed by atoms with E-state index in [-0.39, 0.29) is 42.7 Å². The van der Waals surface area contributed by atoms with Crippen LogP contribution in [0, 0.1) is 0 Å². The monoisotopic (exact) mass is 723 g/mol. The van der Waals surface area contributed by atoms with E-state index in [1.807, 2.05) is 0 Å². The molecule has 280 valence electrons. The zero-order valence-corrected chi connectivity index (χ0v) is 27.3. The number of nitrogens with two attached hydrogens (primary N) is 1. The second-order valence-electron chi connectivity index (χ2n) is 9.86. The molecule has 2 atom stereocenters. The second-order valence-corrected chi connectivity index (χ2v) is 9.86. The van der Waals surface area contributed by atoms with Crippen LogP contribution >= 0.6 is 0 Å². The fourth-order valence-corrected chi connectivity index (χ4v) is 3.42. The maximum Gasteiger partial charge on any atom is 0.490 e. The molecular formula is C27H40F3N9O11. The summed E-state index contributed by atoms with van der Waals surface area (Å²) in [6.45, 7) is 2.98. The summed E-state index contributed by atoms with van der Waals surface area (Å²) in [5, 5.41) is 29.9. The number of aliphatic carboxylic acids is 1. The molecule has 0 saturated carbocycles. The third-order valence-electron chi connectivity index (χ3n) is 5.92. The molecule has 0 spiro atoms. The molecule has 0 aliphatic rings. The Kier molecular flexibility index (Phi) is 19.3. The molecule has 0 aromatic carbocycles. The van der Waals surface area contributed by atoms with Crippen LogP contribution in [0.15, 0.2) is 12.1 Å². The minimum Gasteiger partial charge on any atom is -0.475 e. The molecule has 0 unspecified atom stereocenters. The largest absolute Gasteiger partial charge is 0.490 e. The van der Waals surface area contributed by atoms with Crippen LogP contribution in [0.25, 0.3) is 0 Å². The Morgan fingerprint density at radius 2 is 1.46 bits per heavy atom. The summed E-state index contributed by atoms with van der Waals surface area (Å²) in [5.74, 6) is -5.65. The Hall–Kier alpha value is -5.13. The number of aromatic amines is 2. The van der Waals surface area contributed by atoms with Crippen molar-refractivity contribution in [3.63, 3.8) is 0 Å². The number of carbonyl (C=O) groups is 6. The van der Waals surface area contributed by atoms with Crippen LogP contribution in [-0.2, 0) is 38.1 Å². The lowest BCUT2D eigenvalue weighted by atomic mass is 10.1. The van der Waals surface area contributed by atoms with Crippen LogP contribution in [-0.4, -0.2) is 133 Å². The predicted molar refractivity (Wildman–Crippen MR) is 165 cm³/mol. The van der Waals surface area contributed by atoms with Gasteiger partial charge >= 0.3 is 18.1 Å². The van der Waals surface area contributed by atoms with E-state index in [0.29, 0.717) is 39.2 Å². The molecular weight excluding hydrogens is 683 g/mol. The van der Waals surface area contributed by atoms with E-state index in [9.17, 15) is 37.1 Å². The number of nitrogens with one attached hydrogen (secondary N) is 6. The minimum atomic E-state index is -5.08. The normalized spacial score (nSPS) is 12.1. The van der Waals surface area contributed by atoms with Crippen molar-refractivity contribution in [2.75, 3.05) is 64.4 Å². The number of nitrogens with zero attached hydrogens (tertiary/aromatic N) is 2. The van der Waals surface area contributed by atoms with Gasteiger partial charge in [-0.1, -0.05) is 0 Å². The fraction of sp³-hybridized carbons (Fsp3) is 0.556. The molecule has 2 rings (SSSR count). The van der Waals surface area contributed by atoms with Gasteiger partial charge in [-0.05, 0) is 32.7 Å².